The van der Waals surface area contributed by atoms with E-state index < -0.39 is 0 Å². The van der Waals surface area contributed by atoms with Crippen LogP contribution in [0.3, 0.4) is 0 Å². The molecule has 0 amide bonds. The van der Waals surface area contributed by atoms with Crippen LogP contribution in [0.1, 0.15) is 0 Å². The predicted molar refractivity (Wildman–Crippen MR) is 599 cm³/mol. The number of fused-ring (bicyclic) bond motifs is 22. The zero-order valence-electron chi connectivity index (χ0n) is 76.7. The van der Waals surface area contributed by atoms with Crippen molar-refractivity contribution in [1.29, 1.82) is 0 Å². The Balaban J connectivity index is 0.0000000992. The third kappa shape index (κ3) is 11.6. The van der Waals surface area contributed by atoms with Crippen molar-refractivity contribution in [3.63, 3.8) is 0 Å². The lowest BCUT2D eigenvalue weighted by atomic mass is 9.91. The van der Waals surface area contributed by atoms with Crippen molar-refractivity contribution in [3.8, 4) is 106 Å². The van der Waals surface area contributed by atoms with Gasteiger partial charge < -0.3 is 22.5 Å². The van der Waals surface area contributed by atoms with Crippen LogP contribution in [0.2, 0.25) is 0 Å². The molecule has 1 aliphatic carbocycles. The van der Waals surface area contributed by atoms with Crippen molar-refractivity contribution < 1.29 is 0 Å². The monoisotopic (exact) mass is 1790 g/mol. The number of nitrogens with zero attached hydrogens (tertiary/aromatic N) is 5. The van der Waals surface area contributed by atoms with Crippen molar-refractivity contribution in [1.82, 2.24) is 22.5 Å². The molecular weight excluding hydrogens is 1700 g/mol. The second kappa shape index (κ2) is 30.9. The van der Waals surface area contributed by atoms with Gasteiger partial charge in [-0.25, -0.2) is 0 Å². The third-order valence-electron chi connectivity index (χ3n) is 30.6. The standard InChI is InChI=1S/2C46H28N2.C44H27N/c1-2-11-29(12-3-1)33-14-6-7-15-34(33)31-21-24-32(25-22-31)47-40-20-10-18-37-36-17-8-9-19-39(36)48-41-27-23-30-13-4-5-16-35(30)43(41)38-26-28-42(47)45(44(37)40)46(38)48;1-2-11-29(12-3-1)33-14-6-7-15-34(33)31-21-24-32(25-22-31)47-41-20-10-18-37-36-17-8-9-19-40(36)48-45-35-16-5-4-13-30(35)23-26-38(45)39-27-28-42(47)44(43(37)41)46(39)48;1-2-12-28(13-3-1)31-14-4-5-15-32(31)29-24-26-30(27-25-29)45-40-23-11-22-38-34-17-7-6-16-33(34)36-20-10-21-37-35-18-8-9-19-39(35)44(45)43(41(36)37)42(38)40/h2*1-28H;1-27H. The van der Waals surface area contributed by atoms with Gasteiger partial charge in [-0.15, -0.1) is 0 Å². The van der Waals surface area contributed by atoms with Gasteiger partial charge in [0.05, 0.1) is 66.2 Å². The molecule has 5 nitrogen and oxygen atoms in total. The third-order valence-corrected chi connectivity index (χ3v) is 30.6. The van der Waals surface area contributed by atoms with E-state index in [-0.39, 0.29) is 0 Å². The quantitative estimate of drug-likeness (QED) is 0.129. The van der Waals surface area contributed by atoms with E-state index in [1.807, 2.05) is 0 Å². The van der Waals surface area contributed by atoms with Gasteiger partial charge in [0.15, 0.2) is 0 Å². The molecule has 652 valence electrons. The van der Waals surface area contributed by atoms with Gasteiger partial charge in [0.2, 0.25) is 0 Å². The fraction of sp³-hybridized carbons (Fsp3) is 0. The lowest BCUT2D eigenvalue weighted by Gasteiger charge is -2.16. The van der Waals surface area contributed by atoms with E-state index in [0.29, 0.717) is 0 Å². The van der Waals surface area contributed by atoms with Crippen LogP contribution in [-0.4, -0.2) is 22.5 Å². The second-order valence-electron chi connectivity index (χ2n) is 37.8. The summed E-state index contributed by atoms with van der Waals surface area (Å²) in [6.07, 6.45) is 0. The van der Waals surface area contributed by atoms with Crippen LogP contribution in [0.4, 0.5) is 0 Å². The molecular formula is C136H83N5. The molecule has 0 saturated carbocycles. The molecule has 0 spiro atoms. The Kier molecular flexibility index (Phi) is 17.2. The number of hydrogen-bond donors (Lipinski definition) is 0. The molecule has 0 unspecified atom stereocenters. The number of aromatic nitrogens is 5. The SMILES string of the molecule is c1ccc(-c2ccccc2-c2ccc(-n3c4cccc5c4c4c6c(cccc6c6ccccc6c43)-c3ccccc3-5)cc2)cc1.c1ccc(-c2ccccc2-c2ccc(-n3c4cccc5c6ccccc6n6c7c8ccccc8ccc7c7ccc3c(c54)c76)cc2)cc1.c1ccc(-c2ccccc2-c2ccc(-n3c4cccc5c6ccccc6n6c7ccc8ccccc8c7c7ccc3c(c54)c76)cc2)cc1. The van der Waals surface area contributed by atoms with Crippen LogP contribution in [0.15, 0.2) is 504 Å². The molecule has 0 bridgehead atoms. The first kappa shape index (κ1) is 78.6. The van der Waals surface area contributed by atoms with E-state index in [1.165, 1.54) is 279 Å². The highest BCUT2D eigenvalue weighted by atomic mass is 15.0. The first-order valence-corrected chi connectivity index (χ1v) is 48.9. The first-order valence-electron chi connectivity index (χ1n) is 48.9. The highest BCUT2D eigenvalue weighted by molar-refractivity contribution is 6.40. The zero-order chi connectivity index (χ0) is 92.2. The summed E-state index contributed by atoms with van der Waals surface area (Å²) in [6.45, 7) is 0. The molecule has 0 aliphatic heterocycles. The minimum atomic E-state index is 1.16. The molecule has 0 radical (unpaired) electrons. The summed E-state index contributed by atoms with van der Waals surface area (Å²) in [5, 5.41) is 28.6. The zero-order valence-corrected chi connectivity index (χ0v) is 76.7. The van der Waals surface area contributed by atoms with Crippen molar-refractivity contribution >= 4 is 185 Å². The minimum Gasteiger partial charge on any atom is -0.309 e. The van der Waals surface area contributed by atoms with Gasteiger partial charge in [-0.3, -0.25) is 0 Å². The molecule has 1 aliphatic rings. The van der Waals surface area contributed by atoms with Crippen molar-refractivity contribution in [2.75, 3.05) is 0 Å². The summed E-state index contributed by atoms with van der Waals surface area (Å²) in [6, 6.07) is 185. The van der Waals surface area contributed by atoms with Crippen molar-refractivity contribution in [2.24, 2.45) is 0 Å². The van der Waals surface area contributed by atoms with Gasteiger partial charge in [-0.2, -0.15) is 0 Å². The van der Waals surface area contributed by atoms with E-state index in [0.717, 1.165) is 11.4 Å². The van der Waals surface area contributed by atoms with Gasteiger partial charge in [0.1, 0.15) is 0 Å². The van der Waals surface area contributed by atoms with E-state index in [2.05, 4.69) is 526 Å². The topological polar surface area (TPSA) is 23.6 Å². The second-order valence-corrected chi connectivity index (χ2v) is 37.8. The molecule has 31 aromatic rings. The number of benzene rings is 24. The number of rotatable bonds is 9. The number of hydrogen-bond acceptors (Lipinski definition) is 0. The molecule has 7 aromatic heterocycles. The van der Waals surface area contributed by atoms with Gasteiger partial charge in [0, 0.05) is 97.9 Å². The maximum atomic E-state index is 2.55. The average Bonchev–Trinajstić information content (AvgIpc) is 1.53. The Morgan fingerprint density at radius 1 is 0.106 bits per heavy atom. The summed E-state index contributed by atoms with van der Waals surface area (Å²) in [5.74, 6) is 0. The van der Waals surface area contributed by atoms with Gasteiger partial charge >= 0.3 is 0 Å². The van der Waals surface area contributed by atoms with Crippen LogP contribution < -0.4 is 0 Å². The summed E-state index contributed by atoms with van der Waals surface area (Å²) >= 11 is 0. The Bertz CT molecular complexity index is 10400. The highest BCUT2D eigenvalue weighted by Gasteiger charge is 2.31. The van der Waals surface area contributed by atoms with Crippen molar-refractivity contribution in [3.05, 3.63) is 504 Å². The maximum Gasteiger partial charge on any atom is 0.0642 e. The van der Waals surface area contributed by atoms with E-state index in [4.69, 9.17) is 0 Å². The molecule has 7 heterocycles. The Hall–Kier alpha value is -18.7. The lowest BCUT2D eigenvalue weighted by Crippen LogP contribution is -1.96. The van der Waals surface area contributed by atoms with Gasteiger partial charge in [-0.1, -0.05) is 419 Å². The first-order chi connectivity index (χ1) is 70.1. The summed E-state index contributed by atoms with van der Waals surface area (Å²) in [5.41, 5.74) is 38.5. The summed E-state index contributed by atoms with van der Waals surface area (Å²) < 4.78 is 12.5. The summed E-state index contributed by atoms with van der Waals surface area (Å²) in [4.78, 5) is 0. The van der Waals surface area contributed by atoms with Crippen LogP contribution in [0.25, 0.3) is 291 Å². The average molecular weight is 1790 g/mol. The fourth-order valence-corrected chi connectivity index (χ4v) is 24.8. The largest absolute Gasteiger partial charge is 0.309 e. The Morgan fingerprint density at radius 3 is 0.908 bits per heavy atom. The number of para-hydroxylation sites is 2. The van der Waals surface area contributed by atoms with Crippen LogP contribution in [-0.2, 0) is 0 Å². The lowest BCUT2D eigenvalue weighted by molar-refractivity contribution is 1.18. The molecule has 0 atom stereocenters. The van der Waals surface area contributed by atoms with E-state index in [1.54, 1.807) is 0 Å². The van der Waals surface area contributed by atoms with E-state index >= 15 is 0 Å². The van der Waals surface area contributed by atoms with Crippen LogP contribution in [0, 0.1) is 0 Å². The summed E-state index contributed by atoms with van der Waals surface area (Å²) in [7, 11) is 0. The fourth-order valence-electron chi connectivity index (χ4n) is 24.8. The molecule has 0 N–H and O–H groups in total. The molecule has 141 heavy (non-hydrogen) atoms. The Labute approximate surface area is 810 Å². The van der Waals surface area contributed by atoms with Crippen LogP contribution in [0.5, 0.6) is 0 Å². The smallest absolute Gasteiger partial charge is 0.0642 e. The molecule has 0 saturated heterocycles. The highest BCUT2D eigenvalue weighted by Crippen LogP contribution is 2.55. The normalized spacial score (nSPS) is 12.1. The van der Waals surface area contributed by atoms with Crippen molar-refractivity contribution in [2.45, 2.75) is 0 Å². The Morgan fingerprint density at radius 2 is 0.404 bits per heavy atom. The van der Waals surface area contributed by atoms with Gasteiger partial charge in [0.25, 0.3) is 0 Å². The van der Waals surface area contributed by atoms with E-state index in [9.17, 15) is 0 Å². The molecule has 24 aromatic carbocycles. The molecule has 5 heteroatoms. The molecule has 32 rings (SSSR count). The predicted octanol–water partition coefficient (Wildman–Crippen LogP) is 36.9. The van der Waals surface area contributed by atoms with Crippen LogP contribution >= 0.6 is 0 Å². The maximum absolute atomic E-state index is 2.55. The van der Waals surface area contributed by atoms with Gasteiger partial charge in [-0.05, 0) is 212 Å². The minimum absolute atomic E-state index is 1.16. The molecule has 0 fully saturated rings.